The lowest BCUT2D eigenvalue weighted by atomic mass is 9.73. The van der Waals surface area contributed by atoms with Gasteiger partial charge in [-0.1, -0.05) is 13.0 Å². The van der Waals surface area contributed by atoms with Crippen molar-refractivity contribution in [1.29, 1.82) is 0 Å². The minimum Gasteiger partial charge on any atom is -0.493 e. The summed E-state index contributed by atoms with van der Waals surface area (Å²) in [5.41, 5.74) is 1.96. The number of ketones is 2. The Morgan fingerprint density at radius 2 is 1.63 bits per heavy atom. The maximum Gasteiger partial charge on any atom is 0.311 e. The first-order chi connectivity index (χ1) is 14.5. The van der Waals surface area contributed by atoms with E-state index in [2.05, 4.69) is 0 Å². The van der Waals surface area contributed by atoms with Crippen molar-refractivity contribution in [3.63, 3.8) is 0 Å². The Morgan fingerprint density at radius 3 is 2.20 bits per heavy atom. The second kappa shape index (κ2) is 8.46. The van der Waals surface area contributed by atoms with Gasteiger partial charge in [-0.2, -0.15) is 0 Å². The molecule has 2 aliphatic carbocycles. The van der Waals surface area contributed by atoms with Crippen molar-refractivity contribution in [3.8, 4) is 11.5 Å². The molecular weight excluding hydrogens is 384 g/mol. The van der Waals surface area contributed by atoms with Crippen LogP contribution in [0.1, 0.15) is 69.8 Å². The Labute approximate surface area is 175 Å². The van der Waals surface area contributed by atoms with Gasteiger partial charge < -0.3 is 14.2 Å². The number of esters is 1. The lowest BCUT2D eigenvalue weighted by Crippen LogP contribution is -2.30. The number of carbonyl (C=O) groups excluding carboxylic acids is 3. The molecule has 0 N–H and O–H groups in total. The van der Waals surface area contributed by atoms with Crippen molar-refractivity contribution in [3.05, 3.63) is 46.4 Å². The highest BCUT2D eigenvalue weighted by Gasteiger charge is 2.41. The van der Waals surface area contributed by atoms with Gasteiger partial charge in [0.15, 0.2) is 23.1 Å². The summed E-state index contributed by atoms with van der Waals surface area (Å²) in [6.45, 7) is 1.91. The van der Waals surface area contributed by atoms with Crippen LogP contribution in [-0.4, -0.2) is 24.6 Å². The number of ether oxygens (including phenoxy) is 3. The molecule has 1 aromatic rings. The summed E-state index contributed by atoms with van der Waals surface area (Å²) in [6.07, 6.45) is 4.85. The molecular formula is C24H26O6. The van der Waals surface area contributed by atoms with E-state index in [0.717, 1.165) is 18.4 Å². The third-order valence-corrected chi connectivity index (χ3v) is 5.84. The predicted molar refractivity (Wildman–Crippen MR) is 109 cm³/mol. The van der Waals surface area contributed by atoms with Crippen molar-refractivity contribution < 1.29 is 28.6 Å². The molecule has 1 aliphatic heterocycles. The first-order valence-electron chi connectivity index (χ1n) is 10.6. The predicted octanol–water partition coefficient (Wildman–Crippen LogP) is 4.53. The monoisotopic (exact) mass is 410 g/mol. The molecule has 4 rings (SSSR count). The highest BCUT2D eigenvalue weighted by atomic mass is 16.6. The van der Waals surface area contributed by atoms with Gasteiger partial charge >= 0.3 is 5.97 Å². The van der Waals surface area contributed by atoms with E-state index in [1.54, 1.807) is 12.1 Å². The molecule has 0 amide bonds. The molecule has 1 aromatic carbocycles. The molecule has 0 unspecified atom stereocenters. The highest BCUT2D eigenvalue weighted by molar-refractivity contribution is 6.05. The van der Waals surface area contributed by atoms with Crippen LogP contribution in [0.3, 0.4) is 0 Å². The van der Waals surface area contributed by atoms with Crippen molar-refractivity contribution in [2.24, 2.45) is 0 Å². The van der Waals surface area contributed by atoms with Crippen molar-refractivity contribution >= 4 is 17.5 Å². The lowest BCUT2D eigenvalue weighted by molar-refractivity contribution is -0.134. The van der Waals surface area contributed by atoms with Gasteiger partial charge in [-0.15, -0.1) is 0 Å². The number of Topliss-reactive ketones (excluding diaryl/α,β-unsaturated/α-hetero) is 2. The Morgan fingerprint density at radius 1 is 1.00 bits per heavy atom. The van der Waals surface area contributed by atoms with Crippen LogP contribution in [0, 0.1) is 0 Å². The third kappa shape index (κ3) is 3.66. The number of allylic oxidation sites excluding steroid dienone is 4. The number of hydrogen-bond donors (Lipinski definition) is 0. The van der Waals surface area contributed by atoms with E-state index in [9.17, 15) is 14.4 Å². The van der Waals surface area contributed by atoms with E-state index in [-0.39, 0.29) is 17.5 Å². The number of methoxy groups -OCH3 is 1. The number of rotatable bonds is 5. The molecule has 0 fully saturated rings. The first-order valence-corrected chi connectivity index (χ1v) is 10.6. The molecule has 6 heteroatoms. The van der Waals surface area contributed by atoms with Crippen LogP contribution in [0.15, 0.2) is 40.9 Å². The standard InChI is InChI=1S/C24H26O6/c1-3-6-21(27)30-17-12-11-14(13-20(17)28-2)22-23-15(25)7-4-9-18(23)29-19-10-5-8-16(26)24(19)22/h11-13,22H,3-10H2,1-2H3. The summed E-state index contributed by atoms with van der Waals surface area (Å²) in [4.78, 5) is 37.7. The van der Waals surface area contributed by atoms with E-state index < -0.39 is 5.92 Å². The second-order valence-corrected chi connectivity index (χ2v) is 7.90. The van der Waals surface area contributed by atoms with Gasteiger partial charge in [-0.25, -0.2) is 0 Å². The third-order valence-electron chi connectivity index (χ3n) is 5.84. The van der Waals surface area contributed by atoms with E-state index in [0.29, 0.717) is 72.7 Å². The van der Waals surface area contributed by atoms with Crippen LogP contribution >= 0.6 is 0 Å². The normalized spacial score (nSPS) is 19.3. The number of hydrogen-bond acceptors (Lipinski definition) is 6. The largest absolute Gasteiger partial charge is 0.493 e. The molecule has 0 spiro atoms. The van der Waals surface area contributed by atoms with E-state index in [4.69, 9.17) is 14.2 Å². The average molecular weight is 410 g/mol. The smallest absolute Gasteiger partial charge is 0.311 e. The summed E-state index contributed by atoms with van der Waals surface area (Å²) in [6, 6.07) is 5.26. The molecule has 0 radical (unpaired) electrons. The van der Waals surface area contributed by atoms with Gasteiger partial charge in [-0.3, -0.25) is 14.4 Å². The minimum atomic E-state index is -0.460. The molecule has 1 heterocycles. The maximum absolute atomic E-state index is 12.9. The fourth-order valence-electron chi connectivity index (χ4n) is 4.48. The summed E-state index contributed by atoms with van der Waals surface area (Å²) < 4.78 is 17.0. The van der Waals surface area contributed by atoms with Gasteiger partial charge in [0.1, 0.15) is 11.5 Å². The van der Waals surface area contributed by atoms with E-state index in [1.807, 2.05) is 13.0 Å². The molecule has 30 heavy (non-hydrogen) atoms. The van der Waals surface area contributed by atoms with Crippen LogP contribution < -0.4 is 9.47 Å². The number of carbonyl (C=O) groups is 3. The van der Waals surface area contributed by atoms with Gasteiger partial charge in [0.05, 0.1) is 7.11 Å². The fraction of sp³-hybridized carbons (Fsp3) is 0.458. The zero-order valence-corrected chi connectivity index (χ0v) is 17.4. The van der Waals surface area contributed by atoms with Crippen LogP contribution in [0.4, 0.5) is 0 Å². The molecule has 158 valence electrons. The molecule has 0 saturated carbocycles. The highest BCUT2D eigenvalue weighted by Crippen LogP contribution is 2.48. The van der Waals surface area contributed by atoms with E-state index in [1.165, 1.54) is 7.11 Å². The molecule has 3 aliphatic rings. The molecule has 0 aromatic heterocycles. The zero-order valence-electron chi connectivity index (χ0n) is 17.4. The molecule has 0 atom stereocenters. The van der Waals surface area contributed by atoms with Crippen molar-refractivity contribution in [2.75, 3.05) is 7.11 Å². The van der Waals surface area contributed by atoms with Gasteiger partial charge in [0.25, 0.3) is 0 Å². The Bertz CT molecular complexity index is 926. The maximum atomic E-state index is 12.9. The summed E-state index contributed by atoms with van der Waals surface area (Å²) in [5, 5.41) is 0. The summed E-state index contributed by atoms with van der Waals surface area (Å²) >= 11 is 0. The first kappa shape index (κ1) is 20.4. The minimum absolute atomic E-state index is 0.0311. The van der Waals surface area contributed by atoms with Crippen molar-refractivity contribution in [2.45, 2.75) is 64.2 Å². The van der Waals surface area contributed by atoms with Gasteiger partial charge in [0.2, 0.25) is 0 Å². The van der Waals surface area contributed by atoms with Gasteiger partial charge in [0, 0.05) is 49.2 Å². The lowest BCUT2D eigenvalue weighted by Gasteiger charge is -2.36. The van der Waals surface area contributed by atoms with Crippen molar-refractivity contribution in [1.82, 2.24) is 0 Å². The number of benzene rings is 1. The molecule has 6 nitrogen and oxygen atoms in total. The zero-order chi connectivity index (χ0) is 21.3. The Balaban J connectivity index is 1.79. The van der Waals surface area contributed by atoms with Gasteiger partial charge in [-0.05, 0) is 37.0 Å². The fourth-order valence-corrected chi connectivity index (χ4v) is 4.48. The SMILES string of the molecule is CCCC(=O)Oc1ccc(C2C3=C(CCCC3=O)OC3=C2C(=O)CCC3)cc1OC. The topological polar surface area (TPSA) is 78.9 Å². The molecule has 0 saturated heterocycles. The average Bonchev–Trinajstić information content (AvgIpc) is 2.73. The van der Waals surface area contributed by atoms with Crippen LogP contribution in [0.25, 0.3) is 0 Å². The van der Waals surface area contributed by atoms with Crippen LogP contribution in [-0.2, 0) is 19.1 Å². The molecule has 0 bridgehead atoms. The van der Waals surface area contributed by atoms with Crippen LogP contribution in [0.2, 0.25) is 0 Å². The van der Waals surface area contributed by atoms with E-state index >= 15 is 0 Å². The summed E-state index contributed by atoms with van der Waals surface area (Å²) in [5.74, 6) is 1.41. The second-order valence-electron chi connectivity index (χ2n) is 7.90. The van der Waals surface area contributed by atoms with Crippen LogP contribution in [0.5, 0.6) is 11.5 Å². The Kier molecular flexibility index (Phi) is 5.75. The summed E-state index contributed by atoms with van der Waals surface area (Å²) in [7, 11) is 1.51. The quantitative estimate of drug-likeness (QED) is 0.524. The Hall–Kier alpha value is -2.89.